The zero-order valence-electron chi connectivity index (χ0n) is 13.6. The lowest BCUT2D eigenvalue weighted by molar-refractivity contribution is 0.216. The molecular weight excluding hydrogens is 204 g/mol. The molecule has 0 saturated heterocycles. The predicted molar refractivity (Wildman–Crippen MR) is 79.9 cm³/mol. The molecule has 0 amide bonds. The topological polar surface area (TPSA) is 0 Å². The summed E-state index contributed by atoms with van der Waals surface area (Å²) in [6.45, 7) is 23.1. The minimum Gasteiger partial charge on any atom is -0.0625 e. The van der Waals surface area contributed by atoms with Crippen molar-refractivity contribution in [3.05, 3.63) is 6.92 Å². The van der Waals surface area contributed by atoms with E-state index in [0.717, 1.165) is 11.8 Å². The number of hydrogen-bond acceptors (Lipinski definition) is 0. The van der Waals surface area contributed by atoms with Gasteiger partial charge in [-0.3, -0.25) is 0 Å². The monoisotopic (exact) mass is 239 g/mol. The highest BCUT2D eigenvalue weighted by Gasteiger charge is 2.23. The Morgan fingerprint density at radius 3 is 1.59 bits per heavy atom. The summed E-state index contributed by atoms with van der Waals surface area (Å²) in [4.78, 5) is 0. The van der Waals surface area contributed by atoms with Gasteiger partial charge in [-0.1, -0.05) is 55.4 Å². The molecule has 103 valence electrons. The van der Waals surface area contributed by atoms with Crippen molar-refractivity contribution in [2.45, 2.75) is 74.7 Å². The first-order valence-corrected chi connectivity index (χ1v) is 7.24. The van der Waals surface area contributed by atoms with E-state index in [2.05, 4.69) is 62.3 Å². The van der Waals surface area contributed by atoms with Crippen LogP contribution in [0.4, 0.5) is 0 Å². The molecule has 0 aromatic heterocycles. The summed E-state index contributed by atoms with van der Waals surface area (Å²) in [7, 11) is 0. The minimum atomic E-state index is 0.433. The van der Waals surface area contributed by atoms with Gasteiger partial charge in [0.15, 0.2) is 0 Å². The molecule has 0 fully saturated rings. The number of rotatable bonds is 5. The molecule has 1 radical (unpaired) electrons. The highest BCUT2D eigenvalue weighted by molar-refractivity contribution is 4.77. The van der Waals surface area contributed by atoms with Crippen LogP contribution in [0, 0.1) is 35.5 Å². The second kappa shape index (κ2) is 6.25. The lowest BCUT2D eigenvalue weighted by atomic mass is 9.75. The Kier molecular flexibility index (Phi) is 6.25. The third kappa shape index (κ3) is 9.68. The summed E-state index contributed by atoms with van der Waals surface area (Å²) < 4.78 is 0. The molecule has 17 heavy (non-hydrogen) atoms. The van der Waals surface area contributed by atoms with Crippen LogP contribution in [0.3, 0.4) is 0 Å². The summed E-state index contributed by atoms with van der Waals surface area (Å²) in [5.74, 6) is 2.13. The van der Waals surface area contributed by atoms with Crippen LogP contribution >= 0.6 is 0 Å². The zero-order chi connectivity index (χ0) is 13.9. The Bertz CT molecular complexity index is 201. The molecule has 0 saturated carbocycles. The predicted octanol–water partition coefficient (Wildman–Crippen LogP) is 5.97. The first-order chi connectivity index (χ1) is 7.41. The summed E-state index contributed by atoms with van der Waals surface area (Å²) in [5.41, 5.74) is 0.884. The SMILES string of the molecule is [CH2]C(CC(C)CC(C)(C)C)C(C)CC(C)(C)C. The molecule has 0 spiro atoms. The van der Waals surface area contributed by atoms with Gasteiger partial charge in [-0.05, 0) is 54.8 Å². The standard InChI is InChI=1S/C17H35/c1-13(11-16(4,5)6)10-14(2)15(3)12-17(7,8)9/h13-15H,2,10-12H2,1,3-9H3. The summed E-state index contributed by atoms with van der Waals surface area (Å²) in [5, 5.41) is 0. The lowest BCUT2D eigenvalue weighted by Crippen LogP contribution is -2.20. The molecule has 0 rings (SSSR count). The maximum absolute atomic E-state index is 4.39. The van der Waals surface area contributed by atoms with Crippen molar-refractivity contribution in [2.75, 3.05) is 0 Å². The highest BCUT2D eigenvalue weighted by atomic mass is 14.3. The second-order valence-corrected chi connectivity index (χ2v) is 8.61. The van der Waals surface area contributed by atoms with Gasteiger partial charge in [0.2, 0.25) is 0 Å². The molecule has 0 N–H and O–H groups in total. The molecule has 0 aliphatic carbocycles. The molecule has 3 atom stereocenters. The first kappa shape index (κ1) is 17.0. The van der Waals surface area contributed by atoms with Crippen molar-refractivity contribution in [3.8, 4) is 0 Å². The molecule has 0 aliphatic heterocycles. The molecule has 0 nitrogen and oxygen atoms in total. The van der Waals surface area contributed by atoms with Crippen LogP contribution in [0.1, 0.15) is 74.7 Å². The van der Waals surface area contributed by atoms with Gasteiger partial charge in [-0.15, -0.1) is 0 Å². The van der Waals surface area contributed by atoms with E-state index in [9.17, 15) is 0 Å². The van der Waals surface area contributed by atoms with Crippen LogP contribution in [0.5, 0.6) is 0 Å². The van der Waals surface area contributed by atoms with E-state index in [1.807, 2.05) is 0 Å². The minimum absolute atomic E-state index is 0.433. The van der Waals surface area contributed by atoms with E-state index in [1.54, 1.807) is 0 Å². The Balaban J connectivity index is 4.12. The molecule has 3 unspecified atom stereocenters. The van der Waals surface area contributed by atoms with E-state index >= 15 is 0 Å². The van der Waals surface area contributed by atoms with Crippen LogP contribution in [-0.2, 0) is 0 Å². The molecule has 0 bridgehead atoms. The first-order valence-electron chi connectivity index (χ1n) is 7.24. The summed E-state index contributed by atoms with van der Waals surface area (Å²) in [6.07, 6.45) is 3.86. The number of hydrogen-bond donors (Lipinski definition) is 0. The van der Waals surface area contributed by atoms with Crippen molar-refractivity contribution in [3.63, 3.8) is 0 Å². The smallest absolute Gasteiger partial charge is 0.0380 e. The van der Waals surface area contributed by atoms with E-state index in [1.165, 1.54) is 19.3 Å². The van der Waals surface area contributed by atoms with E-state index in [0.29, 0.717) is 16.7 Å². The van der Waals surface area contributed by atoms with E-state index < -0.39 is 0 Å². The van der Waals surface area contributed by atoms with Crippen LogP contribution in [0.15, 0.2) is 0 Å². The lowest BCUT2D eigenvalue weighted by Gasteiger charge is -2.31. The maximum Gasteiger partial charge on any atom is -0.0380 e. The molecule has 0 aliphatic rings. The molecule has 0 aromatic rings. The van der Waals surface area contributed by atoms with Gasteiger partial charge >= 0.3 is 0 Å². The van der Waals surface area contributed by atoms with Crippen LogP contribution < -0.4 is 0 Å². The van der Waals surface area contributed by atoms with Crippen molar-refractivity contribution in [1.29, 1.82) is 0 Å². The Morgan fingerprint density at radius 2 is 1.24 bits per heavy atom. The fourth-order valence-electron chi connectivity index (χ4n) is 3.01. The quantitative estimate of drug-likeness (QED) is 0.554. The molecule has 0 heteroatoms. The Morgan fingerprint density at radius 1 is 0.824 bits per heavy atom. The van der Waals surface area contributed by atoms with E-state index in [4.69, 9.17) is 0 Å². The van der Waals surface area contributed by atoms with Gasteiger partial charge in [-0.25, -0.2) is 0 Å². The summed E-state index contributed by atoms with van der Waals surface area (Å²) in [6, 6.07) is 0. The van der Waals surface area contributed by atoms with Crippen LogP contribution in [-0.4, -0.2) is 0 Å². The highest BCUT2D eigenvalue weighted by Crippen LogP contribution is 2.34. The second-order valence-electron chi connectivity index (χ2n) is 8.61. The third-order valence-electron chi connectivity index (χ3n) is 3.41. The fourth-order valence-corrected chi connectivity index (χ4v) is 3.01. The third-order valence-corrected chi connectivity index (χ3v) is 3.41. The zero-order valence-corrected chi connectivity index (χ0v) is 13.6. The van der Waals surface area contributed by atoms with Crippen molar-refractivity contribution in [2.24, 2.45) is 28.6 Å². The van der Waals surface area contributed by atoms with Gasteiger partial charge < -0.3 is 0 Å². The molecule has 0 aromatic carbocycles. The average Bonchev–Trinajstić information content (AvgIpc) is 1.95. The van der Waals surface area contributed by atoms with Gasteiger partial charge in [0, 0.05) is 0 Å². The largest absolute Gasteiger partial charge is 0.0625 e. The van der Waals surface area contributed by atoms with Crippen LogP contribution in [0.25, 0.3) is 0 Å². The van der Waals surface area contributed by atoms with Gasteiger partial charge in [0.1, 0.15) is 0 Å². The van der Waals surface area contributed by atoms with Gasteiger partial charge in [0.05, 0.1) is 0 Å². The van der Waals surface area contributed by atoms with E-state index in [-0.39, 0.29) is 0 Å². The van der Waals surface area contributed by atoms with Crippen molar-refractivity contribution >= 4 is 0 Å². The molecule has 0 heterocycles. The molecular formula is C17H35. The Hall–Kier alpha value is 0. The van der Waals surface area contributed by atoms with Gasteiger partial charge in [0.25, 0.3) is 0 Å². The van der Waals surface area contributed by atoms with Gasteiger partial charge in [-0.2, -0.15) is 0 Å². The average molecular weight is 239 g/mol. The normalized spacial score (nSPS) is 18.9. The van der Waals surface area contributed by atoms with Crippen molar-refractivity contribution < 1.29 is 0 Å². The van der Waals surface area contributed by atoms with Crippen molar-refractivity contribution in [1.82, 2.24) is 0 Å². The van der Waals surface area contributed by atoms with Crippen LogP contribution in [0.2, 0.25) is 0 Å². The summed E-state index contributed by atoms with van der Waals surface area (Å²) >= 11 is 0. The fraction of sp³-hybridized carbons (Fsp3) is 0.941. The maximum atomic E-state index is 4.39. The Labute approximate surface area is 111 Å².